The van der Waals surface area contributed by atoms with Crippen LogP contribution in [0.5, 0.6) is 0 Å². The minimum atomic E-state index is -0.757. The number of alkyl halides is 1. The van der Waals surface area contributed by atoms with Gasteiger partial charge in [-0.3, -0.25) is 0 Å². The van der Waals surface area contributed by atoms with E-state index in [4.69, 9.17) is 5.26 Å². The van der Waals surface area contributed by atoms with Crippen LogP contribution in [0.4, 0.5) is 0 Å². The van der Waals surface area contributed by atoms with Crippen LogP contribution in [-0.4, -0.2) is 15.5 Å². The Kier molecular flexibility index (Phi) is 2.91. The van der Waals surface area contributed by atoms with Gasteiger partial charge in [-0.25, -0.2) is 0 Å². The molecule has 0 spiro atoms. The van der Waals surface area contributed by atoms with Crippen molar-refractivity contribution >= 4 is 15.9 Å². The molecule has 1 fully saturated rings. The second kappa shape index (κ2) is 3.55. The number of aliphatic hydroxyl groups is 1. The van der Waals surface area contributed by atoms with Crippen LogP contribution in [-0.2, 0) is 0 Å². The minimum Gasteiger partial charge on any atom is -0.388 e. The monoisotopic (exact) mass is 217 g/mol. The standard InChI is InChI=1S/C8H12BrNO/c9-7(6-10)8(11)4-2-1-3-5-8/h7,11H,1-5H2. The van der Waals surface area contributed by atoms with Gasteiger partial charge in [0, 0.05) is 0 Å². The molecule has 0 aromatic heterocycles. The summed E-state index contributed by atoms with van der Waals surface area (Å²) in [6.45, 7) is 0. The molecule has 1 N–H and O–H groups in total. The van der Waals surface area contributed by atoms with Crippen molar-refractivity contribution in [2.24, 2.45) is 0 Å². The summed E-state index contributed by atoms with van der Waals surface area (Å²) in [5.41, 5.74) is -0.757. The fourth-order valence-electron chi connectivity index (χ4n) is 1.54. The van der Waals surface area contributed by atoms with E-state index < -0.39 is 10.4 Å². The molecule has 0 bridgehead atoms. The zero-order valence-electron chi connectivity index (χ0n) is 6.39. The molecule has 1 rings (SSSR count). The average Bonchev–Trinajstić information content (AvgIpc) is 2.04. The summed E-state index contributed by atoms with van der Waals surface area (Å²) in [5, 5.41) is 18.5. The number of halogens is 1. The zero-order chi connectivity index (χ0) is 8.32. The molecule has 0 aromatic carbocycles. The summed E-state index contributed by atoms with van der Waals surface area (Å²) in [6.07, 6.45) is 4.79. The maximum absolute atomic E-state index is 9.87. The van der Waals surface area contributed by atoms with Gasteiger partial charge in [0.25, 0.3) is 0 Å². The molecule has 0 saturated heterocycles. The van der Waals surface area contributed by atoms with Gasteiger partial charge in [0.15, 0.2) is 0 Å². The molecule has 1 unspecified atom stereocenters. The van der Waals surface area contributed by atoms with Crippen molar-refractivity contribution in [1.29, 1.82) is 5.26 Å². The van der Waals surface area contributed by atoms with Crippen molar-refractivity contribution in [3.63, 3.8) is 0 Å². The van der Waals surface area contributed by atoms with Gasteiger partial charge in [0.2, 0.25) is 0 Å². The van der Waals surface area contributed by atoms with Gasteiger partial charge in [0.05, 0.1) is 11.7 Å². The van der Waals surface area contributed by atoms with Crippen LogP contribution in [0.2, 0.25) is 0 Å². The van der Waals surface area contributed by atoms with Crippen LogP contribution in [0.15, 0.2) is 0 Å². The Labute approximate surface area is 75.3 Å². The molecule has 11 heavy (non-hydrogen) atoms. The number of hydrogen-bond acceptors (Lipinski definition) is 2. The molecule has 62 valence electrons. The minimum absolute atomic E-state index is 0.393. The van der Waals surface area contributed by atoms with E-state index in [9.17, 15) is 5.11 Å². The molecule has 0 aliphatic heterocycles. The Hall–Kier alpha value is -0.0700. The second-order valence-corrected chi connectivity index (χ2v) is 4.07. The van der Waals surface area contributed by atoms with Gasteiger partial charge in [-0.05, 0) is 12.8 Å². The highest BCUT2D eigenvalue weighted by atomic mass is 79.9. The summed E-state index contributed by atoms with van der Waals surface area (Å²) < 4.78 is 0. The number of hydrogen-bond donors (Lipinski definition) is 1. The second-order valence-electron chi connectivity index (χ2n) is 3.16. The van der Waals surface area contributed by atoms with Crippen molar-refractivity contribution < 1.29 is 5.11 Å². The fraction of sp³-hybridized carbons (Fsp3) is 0.875. The third kappa shape index (κ3) is 1.94. The van der Waals surface area contributed by atoms with Gasteiger partial charge in [-0.1, -0.05) is 35.2 Å². The lowest BCUT2D eigenvalue weighted by atomic mass is 9.83. The van der Waals surface area contributed by atoms with E-state index in [1.54, 1.807) is 0 Å². The highest BCUT2D eigenvalue weighted by Gasteiger charge is 2.36. The van der Waals surface area contributed by atoms with E-state index in [-0.39, 0.29) is 0 Å². The summed E-state index contributed by atoms with van der Waals surface area (Å²) >= 11 is 3.18. The predicted octanol–water partition coefficient (Wildman–Crippen LogP) is 1.97. The maximum atomic E-state index is 9.87. The molecule has 1 saturated carbocycles. The van der Waals surface area contributed by atoms with Crippen molar-refractivity contribution in [3.8, 4) is 6.07 Å². The Bertz CT molecular complexity index is 169. The predicted molar refractivity (Wildman–Crippen MR) is 46.4 cm³/mol. The SMILES string of the molecule is N#CC(Br)C1(O)CCCCC1. The van der Waals surface area contributed by atoms with Gasteiger partial charge in [0.1, 0.15) is 4.83 Å². The molecule has 1 aliphatic rings. The molecule has 1 aliphatic carbocycles. The van der Waals surface area contributed by atoms with E-state index in [1.165, 1.54) is 6.42 Å². The third-order valence-corrected chi connectivity index (χ3v) is 3.36. The highest BCUT2D eigenvalue weighted by Crippen LogP contribution is 2.33. The zero-order valence-corrected chi connectivity index (χ0v) is 7.97. The number of nitrogens with zero attached hydrogens (tertiary/aromatic N) is 1. The maximum Gasteiger partial charge on any atom is 0.130 e. The van der Waals surface area contributed by atoms with Crippen molar-refractivity contribution in [1.82, 2.24) is 0 Å². The van der Waals surface area contributed by atoms with Gasteiger partial charge in [-0.2, -0.15) is 5.26 Å². The first-order valence-electron chi connectivity index (χ1n) is 3.95. The first-order chi connectivity index (χ1) is 5.19. The largest absolute Gasteiger partial charge is 0.388 e. The molecule has 0 radical (unpaired) electrons. The lowest BCUT2D eigenvalue weighted by Gasteiger charge is -2.32. The average molecular weight is 218 g/mol. The van der Waals surface area contributed by atoms with E-state index in [1.807, 2.05) is 6.07 Å². The van der Waals surface area contributed by atoms with Crippen molar-refractivity contribution in [2.75, 3.05) is 0 Å². The number of rotatable bonds is 1. The summed E-state index contributed by atoms with van der Waals surface area (Å²) in [5.74, 6) is 0. The molecule has 0 aromatic rings. The molecule has 0 heterocycles. The summed E-state index contributed by atoms with van der Waals surface area (Å²) in [7, 11) is 0. The topological polar surface area (TPSA) is 44.0 Å². The van der Waals surface area contributed by atoms with Crippen LogP contribution in [0.3, 0.4) is 0 Å². The van der Waals surface area contributed by atoms with Crippen LogP contribution >= 0.6 is 15.9 Å². The first-order valence-corrected chi connectivity index (χ1v) is 4.87. The van der Waals surface area contributed by atoms with Gasteiger partial charge < -0.3 is 5.11 Å². The van der Waals surface area contributed by atoms with E-state index in [0.717, 1.165) is 25.7 Å². The Morgan fingerprint density at radius 2 is 1.91 bits per heavy atom. The Balaban J connectivity index is 2.57. The lowest BCUT2D eigenvalue weighted by molar-refractivity contribution is 0.0148. The van der Waals surface area contributed by atoms with E-state index in [0.29, 0.717) is 0 Å². The van der Waals surface area contributed by atoms with Crippen LogP contribution in [0.25, 0.3) is 0 Å². The van der Waals surface area contributed by atoms with Gasteiger partial charge in [-0.15, -0.1) is 0 Å². The van der Waals surface area contributed by atoms with E-state index >= 15 is 0 Å². The van der Waals surface area contributed by atoms with Crippen molar-refractivity contribution in [3.05, 3.63) is 0 Å². The highest BCUT2D eigenvalue weighted by molar-refractivity contribution is 9.09. The third-order valence-electron chi connectivity index (χ3n) is 2.30. The smallest absolute Gasteiger partial charge is 0.130 e. The molecular weight excluding hydrogens is 206 g/mol. The van der Waals surface area contributed by atoms with Crippen LogP contribution in [0, 0.1) is 11.3 Å². The first kappa shape index (κ1) is 9.02. The lowest BCUT2D eigenvalue weighted by Crippen LogP contribution is -2.39. The van der Waals surface area contributed by atoms with Gasteiger partial charge >= 0.3 is 0 Å². The Morgan fingerprint density at radius 3 is 2.36 bits per heavy atom. The summed E-state index contributed by atoms with van der Waals surface area (Å²) in [4.78, 5) is -0.393. The number of nitriles is 1. The molecule has 2 nitrogen and oxygen atoms in total. The van der Waals surface area contributed by atoms with E-state index in [2.05, 4.69) is 15.9 Å². The summed E-state index contributed by atoms with van der Waals surface area (Å²) in [6, 6.07) is 2.04. The van der Waals surface area contributed by atoms with Crippen LogP contribution in [0.1, 0.15) is 32.1 Å². The molecule has 3 heteroatoms. The molecule has 1 atom stereocenters. The fourth-order valence-corrected chi connectivity index (χ4v) is 2.00. The normalized spacial score (nSPS) is 25.5. The molecule has 0 amide bonds. The van der Waals surface area contributed by atoms with Crippen molar-refractivity contribution in [2.45, 2.75) is 42.5 Å². The van der Waals surface area contributed by atoms with Crippen LogP contribution < -0.4 is 0 Å². The molecular formula is C8H12BrNO. The quantitative estimate of drug-likeness (QED) is 0.683. The Morgan fingerprint density at radius 1 is 1.36 bits per heavy atom.